The third kappa shape index (κ3) is 4.49. The van der Waals surface area contributed by atoms with Crippen molar-refractivity contribution in [1.29, 1.82) is 0 Å². The quantitative estimate of drug-likeness (QED) is 0.729. The molecular weight excluding hydrogens is 346 g/mol. The molecule has 2 heterocycles. The Morgan fingerprint density at radius 1 is 1.15 bits per heavy atom. The van der Waals surface area contributed by atoms with Crippen molar-refractivity contribution >= 4 is 17.5 Å². The van der Waals surface area contributed by atoms with Crippen LogP contribution in [0.1, 0.15) is 23.4 Å². The zero-order valence-electron chi connectivity index (χ0n) is 15.4. The van der Waals surface area contributed by atoms with E-state index in [1.54, 1.807) is 24.1 Å². The van der Waals surface area contributed by atoms with Gasteiger partial charge in [-0.3, -0.25) is 9.59 Å². The number of methoxy groups -OCH3 is 1. The van der Waals surface area contributed by atoms with Gasteiger partial charge in [-0.2, -0.15) is 0 Å². The molecular formula is C20H25N3O4. The molecule has 1 aliphatic heterocycles. The van der Waals surface area contributed by atoms with E-state index in [2.05, 4.69) is 10.6 Å². The molecule has 0 atom stereocenters. The molecule has 1 fully saturated rings. The Morgan fingerprint density at radius 3 is 2.52 bits per heavy atom. The second-order valence-corrected chi connectivity index (χ2v) is 6.59. The van der Waals surface area contributed by atoms with Crippen LogP contribution in [0, 0.1) is 0 Å². The van der Waals surface area contributed by atoms with Crippen LogP contribution >= 0.6 is 0 Å². The van der Waals surface area contributed by atoms with Gasteiger partial charge in [-0.25, -0.2) is 0 Å². The van der Waals surface area contributed by atoms with Gasteiger partial charge >= 0.3 is 0 Å². The lowest BCUT2D eigenvalue weighted by Crippen LogP contribution is -2.59. The third-order valence-electron chi connectivity index (χ3n) is 4.82. The first kappa shape index (κ1) is 19.0. The van der Waals surface area contributed by atoms with Crippen LogP contribution in [-0.4, -0.2) is 55.6 Å². The normalized spacial score (nSPS) is 16.0. The lowest BCUT2D eigenvalue weighted by molar-refractivity contribution is -0.127. The molecule has 27 heavy (non-hydrogen) atoms. The molecule has 2 amide bonds. The van der Waals surface area contributed by atoms with Gasteiger partial charge in [-0.05, 0) is 37.1 Å². The fourth-order valence-electron chi connectivity index (χ4n) is 3.29. The van der Waals surface area contributed by atoms with Gasteiger partial charge in [0.15, 0.2) is 5.76 Å². The van der Waals surface area contributed by atoms with Crippen LogP contribution in [0.5, 0.6) is 0 Å². The summed E-state index contributed by atoms with van der Waals surface area (Å²) < 4.78 is 10.2. The molecule has 2 aromatic rings. The Morgan fingerprint density at radius 2 is 1.89 bits per heavy atom. The molecule has 2 N–H and O–H groups in total. The number of benzene rings is 1. The van der Waals surface area contributed by atoms with Crippen molar-refractivity contribution in [3.05, 3.63) is 54.5 Å². The summed E-state index contributed by atoms with van der Waals surface area (Å²) >= 11 is 0. The second-order valence-electron chi connectivity index (χ2n) is 6.59. The number of carbonyl (C=O) groups excluding carboxylic acids is 2. The summed E-state index contributed by atoms with van der Waals surface area (Å²) in [7, 11) is 1.60. The second kappa shape index (κ2) is 8.73. The Bertz CT molecular complexity index is 738. The fourth-order valence-corrected chi connectivity index (χ4v) is 3.29. The molecule has 0 spiro atoms. The van der Waals surface area contributed by atoms with Crippen LogP contribution < -0.4 is 10.6 Å². The number of anilines is 1. The van der Waals surface area contributed by atoms with Crippen LogP contribution in [0.4, 0.5) is 5.69 Å². The summed E-state index contributed by atoms with van der Waals surface area (Å²) in [6, 6.07) is 13.0. The van der Waals surface area contributed by atoms with Gasteiger partial charge in [0.05, 0.1) is 12.9 Å². The molecule has 7 nitrogen and oxygen atoms in total. The minimum atomic E-state index is -0.769. The number of amides is 2. The molecule has 3 rings (SSSR count). The van der Waals surface area contributed by atoms with Crippen molar-refractivity contribution in [2.75, 3.05) is 38.7 Å². The standard InChI is InChI=1S/C20H25N3O4/c1-26-15-11-21-19(25)20(22-16-6-3-2-4-7-16)9-12-23(13-10-20)18(24)17-8-5-14-27-17/h2-8,14,22H,9-13,15H2,1H3,(H,21,25). The van der Waals surface area contributed by atoms with Gasteiger partial charge in [0, 0.05) is 32.4 Å². The number of rotatable bonds is 7. The predicted octanol–water partition coefficient (Wildman–Crippen LogP) is 2.13. The highest BCUT2D eigenvalue weighted by atomic mass is 16.5. The Balaban J connectivity index is 1.71. The number of carbonyl (C=O) groups is 2. The number of likely N-dealkylation sites (tertiary alicyclic amines) is 1. The maximum absolute atomic E-state index is 13.0. The van der Waals surface area contributed by atoms with E-state index in [-0.39, 0.29) is 11.8 Å². The van der Waals surface area contributed by atoms with E-state index >= 15 is 0 Å². The molecule has 1 aliphatic rings. The highest BCUT2D eigenvalue weighted by molar-refractivity contribution is 5.93. The minimum absolute atomic E-state index is 0.0755. The molecule has 7 heteroatoms. The third-order valence-corrected chi connectivity index (χ3v) is 4.82. The van der Waals surface area contributed by atoms with Crippen molar-refractivity contribution in [2.24, 2.45) is 0 Å². The van der Waals surface area contributed by atoms with Crippen molar-refractivity contribution < 1.29 is 18.7 Å². The molecule has 0 bridgehead atoms. The number of piperidine rings is 1. The summed E-state index contributed by atoms with van der Waals surface area (Å²) in [5.74, 6) is 0.102. The number of ether oxygens (including phenoxy) is 1. The predicted molar refractivity (Wildman–Crippen MR) is 102 cm³/mol. The smallest absolute Gasteiger partial charge is 0.289 e. The van der Waals surface area contributed by atoms with E-state index in [1.807, 2.05) is 30.3 Å². The Hall–Kier alpha value is -2.80. The maximum Gasteiger partial charge on any atom is 0.289 e. The van der Waals surface area contributed by atoms with Gasteiger partial charge in [0.2, 0.25) is 5.91 Å². The van der Waals surface area contributed by atoms with Gasteiger partial charge in [0.25, 0.3) is 5.91 Å². The minimum Gasteiger partial charge on any atom is -0.459 e. The van der Waals surface area contributed by atoms with Gasteiger partial charge in [-0.1, -0.05) is 18.2 Å². The average Bonchev–Trinajstić information content (AvgIpc) is 3.24. The van der Waals surface area contributed by atoms with Gasteiger partial charge in [0.1, 0.15) is 5.54 Å². The molecule has 1 aromatic heterocycles. The number of hydrogen-bond acceptors (Lipinski definition) is 5. The van der Waals surface area contributed by atoms with E-state index in [0.29, 0.717) is 44.8 Å². The fraction of sp³-hybridized carbons (Fsp3) is 0.400. The van der Waals surface area contributed by atoms with Crippen LogP contribution in [0.3, 0.4) is 0 Å². The zero-order valence-corrected chi connectivity index (χ0v) is 15.4. The lowest BCUT2D eigenvalue weighted by atomic mass is 9.85. The number of nitrogens with zero attached hydrogens (tertiary/aromatic N) is 1. The number of furan rings is 1. The monoisotopic (exact) mass is 371 g/mol. The Kier molecular flexibility index (Phi) is 6.13. The van der Waals surface area contributed by atoms with Crippen LogP contribution in [0.2, 0.25) is 0 Å². The highest BCUT2D eigenvalue weighted by Gasteiger charge is 2.42. The Labute approximate surface area is 158 Å². The number of para-hydroxylation sites is 1. The molecule has 1 saturated heterocycles. The van der Waals surface area contributed by atoms with Crippen molar-refractivity contribution in [3.8, 4) is 0 Å². The molecule has 144 valence electrons. The molecule has 0 unspecified atom stereocenters. The topological polar surface area (TPSA) is 83.8 Å². The largest absolute Gasteiger partial charge is 0.459 e. The van der Waals surface area contributed by atoms with Crippen molar-refractivity contribution in [3.63, 3.8) is 0 Å². The van der Waals surface area contributed by atoms with Crippen LogP contribution in [-0.2, 0) is 9.53 Å². The summed E-state index contributed by atoms with van der Waals surface area (Å²) in [4.78, 5) is 27.2. The van der Waals surface area contributed by atoms with Crippen LogP contribution in [0.15, 0.2) is 53.1 Å². The van der Waals surface area contributed by atoms with E-state index < -0.39 is 5.54 Å². The summed E-state index contributed by atoms with van der Waals surface area (Å²) in [5.41, 5.74) is 0.111. The first-order valence-corrected chi connectivity index (χ1v) is 9.08. The van der Waals surface area contributed by atoms with Gasteiger partial charge in [-0.15, -0.1) is 0 Å². The first-order chi connectivity index (χ1) is 13.1. The van der Waals surface area contributed by atoms with Gasteiger partial charge < -0.3 is 24.7 Å². The summed E-state index contributed by atoms with van der Waals surface area (Å²) in [6.45, 7) is 1.84. The first-order valence-electron chi connectivity index (χ1n) is 9.08. The van der Waals surface area contributed by atoms with E-state index in [0.717, 1.165) is 5.69 Å². The number of nitrogens with one attached hydrogen (secondary N) is 2. The lowest BCUT2D eigenvalue weighted by Gasteiger charge is -2.41. The SMILES string of the molecule is COCCNC(=O)C1(Nc2ccccc2)CCN(C(=O)c2ccco2)CC1. The van der Waals surface area contributed by atoms with Crippen LogP contribution in [0.25, 0.3) is 0 Å². The molecule has 0 aliphatic carbocycles. The van der Waals surface area contributed by atoms with E-state index in [9.17, 15) is 9.59 Å². The molecule has 0 radical (unpaired) electrons. The summed E-state index contributed by atoms with van der Waals surface area (Å²) in [6.07, 6.45) is 2.50. The zero-order chi connectivity index (χ0) is 19.1. The summed E-state index contributed by atoms with van der Waals surface area (Å²) in [5, 5.41) is 6.34. The highest BCUT2D eigenvalue weighted by Crippen LogP contribution is 2.28. The maximum atomic E-state index is 13.0. The molecule has 1 aromatic carbocycles. The number of hydrogen-bond donors (Lipinski definition) is 2. The van der Waals surface area contributed by atoms with E-state index in [4.69, 9.17) is 9.15 Å². The van der Waals surface area contributed by atoms with Crippen molar-refractivity contribution in [1.82, 2.24) is 10.2 Å². The molecule has 0 saturated carbocycles. The van der Waals surface area contributed by atoms with E-state index in [1.165, 1.54) is 6.26 Å². The average molecular weight is 371 g/mol. The van der Waals surface area contributed by atoms with Crippen molar-refractivity contribution in [2.45, 2.75) is 18.4 Å².